The molecule has 1 atom stereocenters. The molecule has 1 amide bonds. The topological polar surface area (TPSA) is 77.7 Å². The van der Waals surface area contributed by atoms with Crippen LogP contribution in [0.5, 0.6) is 11.5 Å². The molecule has 4 rings (SSSR count). The zero-order valence-corrected chi connectivity index (χ0v) is 15.4. The van der Waals surface area contributed by atoms with Crippen LogP contribution in [0.1, 0.15) is 18.2 Å². The number of aromatic nitrogens is 2. The molecule has 144 valence electrons. The van der Waals surface area contributed by atoms with Crippen LogP contribution in [0.3, 0.4) is 0 Å². The Kier molecular flexibility index (Phi) is 4.68. The van der Waals surface area contributed by atoms with Crippen LogP contribution in [0, 0.1) is 5.82 Å². The van der Waals surface area contributed by atoms with Crippen molar-refractivity contribution in [3.63, 3.8) is 0 Å². The lowest BCUT2D eigenvalue weighted by atomic mass is 10.1. The lowest BCUT2D eigenvalue weighted by Crippen LogP contribution is -2.24. The molecule has 1 aliphatic rings. The second-order valence-corrected chi connectivity index (χ2v) is 6.41. The van der Waals surface area contributed by atoms with E-state index in [1.807, 2.05) is 0 Å². The number of nitrogens with zero attached hydrogens (tertiary/aromatic N) is 3. The quantitative estimate of drug-likeness (QED) is 0.672. The summed E-state index contributed by atoms with van der Waals surface area (Å²) in [5, 5.41) is 3.96. The normalized spacial score (nSPS) is 16.5. The molecular formula is C20H18FN3O4. The summed E-state index contributed by atoms with van der Waals surface area (Å²) < 4.78 is 29.1. The van der Waals surface area contributed by atoms with Crippen molar-refractivity contribution in [2.45, 2.75) is 12.3 Å². The van der Waals surface area contributed by atoms with Crippen LogP contribution < -0.4 is 14.4 Å². The first-order valence-electron chi connectivity index (χ1n) is 8.71. The minimum atomic E-state index is -0.335. The van der Waals surface area contributed by atoms with Gasteiger partial charge < -0.3 is 18.9 Å². The van der Waals surface area contributed by atoms with E-state index in [9.17, 15) is 9.18 Å². The molecule has 0 radical (unpaired) electrons. The average Bonchev–Trinajstić information content (AvgIpc) is 3.35. The van der Waals surface area contributed by atoms with Crippen LogP contribution in [0.25, 0.3) is 11.4 Å². The monoisotopic (exact) mass is 383 g/mol. The molecule has 0 N–H and O–H groups in total. The molecule has 3 aromatic rings. The van der Waals surface area contributed by atoms with Gasteiger partial charge in [-0.05, 0) is 36.4 Å². The van der Waals surface area contributed by atoms with Gasteiger partial charge >= 0.3 is 0 Å². The maximum Gasteiger partial charge on any atom is 0.232 e. The van der Waals surface area contributed by atoms with E-state index < -0.39 is 0 Å². The molecular weight excluding hydrogens is 365 g/mol. The van der Waals surface area contributed by atoms with Crippen LogP contribution >= 0.6 is 0 Å². The van der Waals surface area contributed by atoms with E-state index >= 15 is 0 Å². The van der Waals surface area contributed by atoms with Crippen molar-refractivity contribution in [3.05, 3.63) is 54.2 Å². The zero-order valence-electron chi connectivity index (χ0n) is 15.4. The third-order valence-electron chi connectivity index (χ3n) is 4.70. The predicted molar refractivity (Wildman–Crippen MR) is 98.9 cm³/mol. The molecule has 0 saturated carbocycles. The van der Waals surface area contributed by atoms with Gasteiger partial charge in [0.2, 0.25) is 17.6 Å². The minimum Gasteiger partial charge on any atom is -0.497 e. The van der Waals surface area contributed by atoms with Crippen molar-refractivity contribution < 1.29 is 23.2 Å². The number of methoxy groups -OCH3 is 2. The first kappa shape index (κ1) is 18.0. The summed E-state index contributed by atoms with van der Waals surface area (Å²) in [5.74, 6) is 1.30. The Morgan fingerprint density at radius 3 is 2.64 bits per heavy atom. The maximum absolute atomic E-state index is 13.1. The van der Waals surface area contributed by atoms with Gasteiger partial charge in [0.1, 0.15) is 17.3 Å². The number of hydrogen-bond donors (Lipinski definition) is 0. The van der Waals surface area contributed by atoms with E-state index in [1.54, 1.807) is 49.5 Å². The third kappa shape index (κ3) is 3.28. The van der Waals surface area contributed by atoms with Crippen molar-refractivity contribution in [1.29, 1.82) is 0 Å². The number of amides is 1. The number of halogens is 1. The molecule has 1 aromatic heterocycles. The number of benzene rings is 2. The Hall–Kier alpha value is -3.42. The van der Waals surface area contributed by atoms with Gasteiger partial charge in [-0.25, -0.2) is 4.39 Å². The number of hydrogen-bond acceptors (Lipinski definition) is 6. The molecule has 7 nitrogen and oxygen atoms in total. The van der Waals surface area contributed by atoms with Crippen LogP contribution in [0.2, 0.25) is 0 Å². The zero-order chi connectivity index (χ0) is 19.7. The number of ether oxygens (including phenoxy) is 2. The predicted octanol–water partition coefficient (Wildman–Crippen LogP) is 3.41. The molecule has 1 fully saturated rings. The number of carbonyl (C=O) groups excluding carboxylic acids is 1. The number of anilines is 1. The minimum absolute atomic E-state index is 0.0602. The Labute approximate surface area is 160 Å². The molecule has 0 spiro atoms. The average molecular weight is 383 g/mol. The molecule has 2 aromatic carbocycles. The molecule has 2 heterocycles. The van der Waals surface area contributed by atoms with Gasteiger partial charge in [-0.15, -0.1) is 0 Å². The van der Waals surface area contributed by atoms with Crippen molar-refractivity contribution in [2.75, 3.05) is 25.7 Å². The van der Waals surface area contributed by atoms with E-state index in [1.165, 1.54) is 12.1 Å². The highest BCUT2D eigenvalue weighted by molar-refractivity contribution is 5.97. The SMILES string of the molecule is COc1ccc(N2CC(c3nc(-c4ccc(F)cc4)no3)CC2=O)c(OC)c1. The highest BCUT2D eigenvalue weighted by Crippen LogP contribution is 2.38. The first-order valence-corrected chi connectivity index (χ1v) is 8.71. The highest BCUT2D eigenvalue weighted by atomic mass is 19.1. The Morgan fingerprint density at radius 1 is 1.14 bits per heavy atom. The first-order chi connectivity index (χ1) is 13.6. The standard InChI is InChI=1S/C20H18FN3O4/c1-26-15-7-8-16(17(10-15)27-2)24-11-13(9-18(24)25)20-22-19(23-28-20)12-3-5-14(21)6-4-12/h3-8,10,13H,9,11H2,1-2H3. The van der Waals surface area contributed by atoms with Crippen LogP contribution in [0.4, 0.5) is 10.1 Å². The van der Waals surface area contributed by atoms with Gasteiger partial charge in [0, 0.05) is 24.6 Å². The van der Waals surface area contributed by atoms with Crippen molar-refractivity contribution >= 4 is 11.6 Å². The molecule has 0 bridgehead atoms. The largest absolute Gasteiger partial charge is 0.497 e. The second-order valence-electron chi connectivity index (χ2n) is 6.41. The molecule has 28 heavy (non-hydrogen) atoms. The molecule has 8 heteroatoms. The molecule has 1 unspecified atom stereocenters. The van der Waals surface area contributed by atoms with Gasteiger partial charge in [-0.3, -0.25) is 4.79 Å². The lowest BCUT2D eigenvalue weighted by Gasteiger charge is -2.19. The summed E-state index contributed by atoms with van der Waals surface area (Å²) in [7, 11) is 3.11. The van der Waals surface area contributed by atoms with Crippen molar-refractivity contribution in [1.82, 2.24) is 10.1 Å². The second kappa shape index (κ2) is 7.30. The number of rotatable bonds is 5. The summed E-state index contributed by atoms with van der Waals surface area (Å²) in [6, 6.07) is 11.1. The van der Waals surface area contributed by atoms with Gasteiger partial charge in [-0.2, -0.15) is 4.98 Å². The van der Waals surface area contributed by atoms with Gasteiger partial charge in [0.25, 0.3) is 0 Å². The molecule has 1 aliphatic heterocycles. The van der Waals surface area contributed by atoms with E-state index in [0.717, 1.165) is 0 Å². The van der Waals surface area contributed by atoms with E-state index in [4.69, 9.17) is 14.0 Å². The van der Waals surface area contributed by atoms with E-state index in [2.05, 4.69) is 10.1 Å². The summed E-state index contributed by atoms with van der Waals surface area (Å²) in [6.07, 6.45) is 0.250. The highest BCUT2D eigenvalue weighted by Gasteiger charge is 2.36. The van der Waals surface area contributed by atoms with Gasteiger partial charge in [-0.1, -0.05) is 5.16 Å². The fourth-order valence-corrected chi connectivity index (χ4v) is 3.23. The van der Waals surface area contributed by atoms with Crippen molar-refractivity contribution in [2.24, 2.45) is 0 Å². The fourth-order valence-electron chi connectivity index (χ4n) is 3.23. The van der Waals surface area contributed by atoms with Crippen LogP contribution in [-0.4, -0.2) is 36.8 Å². The third-order valence-corrected chi connectivity index (χ3v) is 4.70. The number of carbonyl (C=O) groups is 1. The van der Waals surface area contributed by atoms with E-state index in [-0.39, 0.29) is 24.1 Å². The Balaban J connectivity index is 1.56. The summed E-state index contributed by atoms with van der Waals surface area (Å²) in [5.41, 5.74) is 1.31. The van der Waals surface area contributed by atoms with E-state index in [0.29, 0.717) is 41.0 Å². The Morgan fingerprint density at radius 2 is 1.93 bits per heavy atom. The Bertz CT molecular complexity index is 1000. The molecule has 1 saturated heterocycles. The van der Waals surface area contributed by atoms with Crippen LogP contribution in [-0.2, 0) is 4.79 Å². The smallest absolute Gasteiger partial charge is 0.232 e. The molecule has 0 aliphatic carbocycles. The summed E-state index contributed by atoms with van der Waals surface area (Å²) in [4.78, 5) is 18.6. The maximum atomic E-state index is 13.1. The lowest BCUT2D eigenvalue weighted by molar-refractivity contribution is -0.117. The van der Waals surface area contributed by atoms with Gasteiger partial charge in [0.05, 0.1) is 25.8 Å². The van der Waals surface area contributed by atoms with Gasteiger partial charge in [0.15, 0.2) is 0 Å². The van der Waals surface area contributed by atoms with Crippen molar-refractivity contribution in [3.8, 4) is 22.9 Å². The summed E-state index contributed by atoms with van der Waals surface area (Å²) in [6.45, 7) is 0.395. The van der Waals surface area contributed by atoms with Crippen LogP contribution in [0.15, 0.2) is 47.0 Å². The summed E-state index contributed by atoms with van der Waals surface area (Å²) >= 11 is 0. The fraction of sp³-hybridized carbons (Fsp3) is 0.250.